The number of hydrogen-bond acceptors (Lipinski definition) is 1. The van der Waals surface area contributed by atoms with E-state index in [0.29, 0.717) is 6.41 Å². The fourth-order valence-electron chi connectivity index (χ4n) is 0.538. The van der Waals surface area contributed by atoms with Gasteiger partial charge in [0.05, 0.1) is 6.04 Å². The number of carbonyl (C=O) groups is 1. The minimum atomic E-state index is 0.662. The summed E-state index contributed by atoms with van der Waals surface area (Å²) < 4.78 is 0. The predicted molar refractivity (Wildman–Crippen MR) is 29.6 cm³/mol. The minimum absolute atomic E-state index is 0.662. The Bertz CT molecular complexity index is 76.6. The molecule has 0 unspecified atom stereocenters. The van der Waals surface area contributed by atoms with Crippen LogP contribution in [0.1, 0.15) is 0 Å². The highest BCUT2D eigenvalue weighted by molar-refractivity contribution is 5.53. The lowest BCUT2D eigenvalue weighted by Gasteiger charge is -2.01. The van der Waals surface area contributed by atoms with Crippen LogP contribution >= 0.6 is 0 Å². The van der Waals surface area contributed by atoms with Crippen molar-refractivity contribution in [1.29, 1.82) is 0 Å². The Balaban J connectivity index is 2.14. The predicted octanol–water partition coefficient (Wildman–Crippen LogP) is 0.0951. The molecule has 0 aromatic carbocycles. The normalized spacial score (nSPS) is 21.0. The van der Waals surface area contributed by atoms with Crippen LogP contribution in [0.15, 0.2) is 0 Å². The summed E-state index contributed by atoms with van der Waals surface area (Å²) in [6, 6.07) is 0.847. The second kappa shape index (κ2) is 2.70. The van der Waals surface area contributed by atoms with E-state index in [2.05, 4.69) is 5.32 Å². The Morgan fingerprint density at radius 2 is 2.00 bits per heavy atom. The summed E-state index contributed by atoms with van der Waals surface area (Å²) in [6.07, 6.45) is 8.05. The van der Waals surface area contributed by atoms with Crippen molar-refractivity contribution in [3.8, 4) is 0 Å². The average molecular weight is 108 g/mol. The lowest BCUT2D eigenvalue weighted by Crippen LogP contribution is -2.16. The van der Waals surface area contributed by atoms with E-state index in [1.165, 1.54) is 0 Å². The average Bonchev–Trinajstić information content (AvgIpc) is 2.19. The summed E-state index contributed by atoms with van der Waals surface area (Å²) in [5, 5.41) is 2.51. The summed E-state index contributed by atoms with van der Waals surface area (Å²) in [4.78, 5) is 9.76. The maximum absolute atomic E-state index is 9.76. The number of carbonyl (C=O) groups excluding carboxylic acids is 1. The molecule has 0 spiro atoms. The van der Waals surface area contributed by atoms with Gasteiger partial charge in [-0.25, -0.2) is 0 Å². The molecule has 0 aliphatic heterocycles. The third-order valence-corrected chi connectivity index (χ3v) is 0.888. The van der Waals surface area contributed by atoms with Crippen LogP contribution in [0, 0.1) is 31.7 Å². The van der Waals surface area contributed by atoms with E-state index in [1.54, 1.807) is 0 Å². The molecule has 41 valence electrons. The molecule has 0 aromatic rings. The molecule has 2 heteroatoms. The van der Waals surface area contributed by atoms with Gasteiger partial charge in [-0.1, -0.05) is 0 Å². The lowest BCUT2D eigenvalue weighted by atomic mass is 10.3. The van der Waals surface area contributed by atoms with Gasteiger partial charge >= 0.3 is 0 Å². The van der Waals surface area contributed by atoms with Crippen LogP contribution in [-0.4, -0.2) is 6.41 Å². The van der Waals surface area contributed by atoms with E-state index >= 15 is 0 Å². The van der Waals surface area contributed by atoms with Crippen LogP contribution in [0.3, 0.4) is 0 Å². The molecule has 1 saturated carbocycles. The fourth-order valence-corrected chi connectivity index (χ4v) is 0.538. The molecule has 0 bridgehead atoms. The van der Waals surface area contributed by atoms with E-state index in [0.717, 1.165) is 6.04 Å². The molecule has 0 atom stereocenters. The van der Waals surface area contributed by atoms with Gasteiger partial charge in [0.25, 0.3) is 0 Å². The van der Waals surface area contributed by atoms with Crippen LogP contribution < -0.4 is 5.32 Å². The van der Waals surface area contributed by atoms with Gasteiger partial charge in [-0.2, -0.15) is 0 Å². The molecule has 1 aliphatic rings. The first kappa shape index (κ1) is 5.60. The third-order valence-electron chi connectivity index (χ3n) is 0.888. The molecule has 1 fully saturated rings. The van der Waals surface area contributed by atoms with Gasteiger partial charge in [0.2, 0.25) is 6.41 Å². The molecule has 2 nitrogen and oxygen atoms in total. The van der Waals surface area contributed by atoms with Gasteiger partial charge < -0.3 is 5.32 Å². The zero-order valence-corrected chi connectivity index (χ0v) is 4.29. The summed E-state index contributed by atoms with van der Waals surface area (Å²) >= 11 is 0. The molecule has 0 saturated heterocycles. The topological polar surface area (TPSA) is 29.1 Å². The van der Waals surface area contributed by atoms with Crippen LogP contribution in [-0.2, 0) is 4.79 Å². The smallest absolute Gasteiger partial charge is 0.207 e. The van der Waals surface area contributed by atoms with Gasteiger partial charge in [-0.05, 0) is 25.7 Å². The highest BCUT2D eigenvalue weighted by Gasteiger charge is 2.14. The summed E-state index contributed by atoms with van der Waals surface area (Å²) in [6.45, 7) is 0. The lowest BCUT2D eigenvalue weighted by molar-refractivity contribution is -0.109. The molecule has 1 aliphatic carbocycles. The van der Waals surface area contributed by atoms with Gasteiger partial charge in [-0.3, -0.25) is 4.79 Å². The third kappa shape index (κ3) is 1.22. The van der Waals surface area contributed by atoms with E-state index in [1.807, 2.05) is 25.7 Å². The van der Waals surface area contributed by atoms with Crippen molar-refractivity contribution in [3.63, 3.8) is 0 Å². The van der Waals surface area contributed by atoms with Crippen LogP contribution in [0.25, 0.3) is 0 Å². The Morgan fingerprint density at radius 1 is 1.38 bits per heavy atom. The minimum Gasteiger partial charge on any atom is -0.350 e. The zero-order chi connectivity index (χ0) is 5.82. The Hall–Kier alpha value is -0.530. The van der Waals surface area contributed by atoms with Crippen LogP contribution in [0.4, 0.5) is 0 Å². The maximum Gasteiger partial charge on any atom is 0.207 e. The van der Waals surface area contributed by atoms with Gasteiger partial charge in [0.15, 0.2) is 0 Å². The Kier molecular flexibility index (Phi) is 1.89. The summed E-state index contributed by atoms with van der Waals surface area (Å²) in [5.41, 5.74) is 0. The second-order valence-corrected chi connectivity index (χ2v) is 1.44. The first-order valence-electron chi connectivity index (χ1n) is 2.35. The molecule has 0 aromatic heterocycles. The molecule has 0 heterocycles. The number of amides is 1. The first-order chi connectivity index (χ1) is 3.93. The molecular formula is C6H6NO. The molecule has 1 N–H and O–H groups in total. The summed E-state index contributed by atoms with van der Waals surface area (Å²) in [7, 11) is 0. The molecule has 5 radical (unpaired) electrons. The number of rotatable bonds is 2. The second-order valence-electron chi connectivity index (χ2n) is 1.44. The van der Waals surface area contributed by atoms with Crippen molar-refractivity contribution in [2.45, 2.75) is 0 Å². The van der Waals surface area contributed by atoms with Crippen molar-refractivity contribution >= 4 is 6.41 Å². The highest BCUT2D eigenvalue weighted by Crippen LogP contribution is 2.18. The molecule has 1 rings (SSSR count). The van der Waals surface area contributed by atoms with Crippen molar-refractivity contribution in [2.75, 3.05) is 0 Å². The van der Waals surface area contributed by atoms with E-state index in [4.69, 9.17) is 0 Å². The van der Waals surface area contributed by atoms with Crippen LogP contribution in [0.2, 0.25) is 0 Å². The van der Waals surface area contributed by atoms with Crippen LogP contribution in [0.5, 0.6) is 0 Å². The van der Waals surface area contributed by atoms with Gasteiger partial charge in [0, 0.05) is 0 Å². The van der Waals surface area contributed by atoms with Crippen molar-refractivity contribution in [2.24, 2.45) is 0 Å². The maximum atomic E-state index is 9.76. The molecular weight excluding hydrogens is 102 g/mol. The molecule has 1 amide bonds. The SMILES string of the molecule is O=CN[C]1[CH][CH][CH][CH]1. The van der Waals surface area contributed by atoms with Gasteiger partial charge in [0.1, 0.15) is 0 Å². The van der Waals surface area contributed by atoms with Crippen molar-refractivity contribution in [3.05, 3.63) is 31.7 Å². The number of hydrogen-bond donors (Lipinski definition) is 1. The number of nitrogens with one attached hydrogen (secondary N) is 1. The fraction of sp³-hybridized carbons (Fsp3) is 0. The Morgan fingerprint density at radius 3 is 2.50 bits per heavy atom. The van der Waals surface area contributed by atoms with E-state index in [-0.39, 0.29) is 0 Å². The standard InChI is InChI=1S/C6H6NO/c8-5-7-6-3-1-2-4-6/h1-5H,(H,7,8). The summed E-state index contributed by atoms with van der Waals surface area (Å²) in [5.74, 6) is 0. The van der Waals surface area contributed by atoms with E-state index < -0.39 is 0 Å². The first-order valence-corrected chi connectivity index (χ1v) is 2.35. The highest BCUT2D eigenvalue weighted by atomic mass is 16.1. The monoisotopic (exact) mass is 108 g/mol. The zero-order valence-electron chi connectivity index (χ0n) is 4.29. The largest absolute Gasteiger partial charge is 0.350 e. The van der Waals surface area contributed by atoms with Crippen molar-refractivity contribution in [1.82, 2.24) is 5.32 Å². The van der Waals surface area contributed by atoms with E-state index in [9.17, 15) is 4.79 Å². The van der Waals surface area contributed by atoms with Gasteiger partial charge in [-0.15, -0.1) is 0 Å². The van der Waals surface area contributed by atoms with Crippen molar-refractivity contribution < 1.29 is 4.79 Å². The Labute approximate surface area is 49.3 Å². The molecule has 8 heavy (non-hydrogen) atoms. The quantitative estimate of drug-likeness (QED) is 0.499.